The average molecular weight is 141 g/mol. The summed E-state index contributed by atoms with van der Waals surface area (Å²) in [7, 11) is 2.09. The van der Waals surface area contributed by atoms with Crippen LogP contribution in [0.4, 0.5) is 0 Å². The van der Waals surface area contributed by atoms with E-state index in [2.05, 4.69) is 26.2 Å². The first-order valence-corrected chi connectivity index (χ1v) is 4.43. The van der Waals surface area contributed by atoms with Gasteiger partial charge >= 0.3 is 0 Å². The van der Waals surface area contributed by atoms with Crippen LogP contribution in [-0.4, -0.2) is 13.1 Å². The van der Waals surface area contributed by atoms with Gasteiger partial charge in [0.1, 0.15) is 0 Å². The zero-order valence-electron chi connectivity index (χ0n) is 7.35. The Morgan fingerprint density at radius 1 is 1.30 bits per heavy atom. The molecule has 1 aliphatic rings. The average Bonchev–Trinajstić information content (AvgIpc) is 2.33. The van der Waals surface area contributed by atoms with Crippen LogP contribution in [0.25, 0.3) is 0 Å². The molecule has 1 fully saturated rings. The highest BCUT2D eigenvalue weighted by atomic mass is 14.9. The molecule has 1 nitrogen and oxygen atoms in total. The minimum absolute atomic E-state index is 0.806. The van der Waals surface area contributed by atoms with E-state index in [9.17, 15) is 0 Å². The Balaban J connectivity index is 2.42. The fourth-order valence-corrected chi connectivity index (χ4v) is 2.15. The molecule has 0 amide bonds. The van der Waals surface area contributed by atoms with Crippen LogP contribution < -0.4 is 5.32 Å². The van der Waals surface area contributed by atoms with Gasteiger partial charge in [-0.25, -0.2) is 0 Å². The second kappa shape index (κ2) is 3.38. The normalized spacial score (nSPS) is 33.6. The highest BCUT2D eigenvalue weighted by Crippen LogP contribution is 2.30. The van der Waals surface area contributed by atoms with Gasteiger partial charge in [-0.15, -0.1) is 0 Å². The van der Waals surface area contributed by atoms with E-state index < -0.39 is 0 Å². The number of rotatable bonds is 2. The van der Waals surface area contributed by atoms with E-state index in [0.29, 0.717) is 0 Å². The van der Waals surface area contributed by atoms with E-state index in [0.717, 1.165) is 17.9 Å². The van der Waals surface area contributed by atoms with E-state index in [1.165, 1.54) is 19.3 Å². The molecule has 0 heterocycles. The van der Waals surface area contributed by atoms with Crippen LogP contribution in [0, 0.1) is 11.8 Å². The van der Waals surface area contributed by atoms with Gasteiger partial charge in [0.05, 0.1) is 0 Å². The predicted octanol–water partition coefficient (Wildman–Crippen LogP) is 2.03. The molecule has 2 atom stereocenters. The molecule has 0 bridgehead atoms. The Labute approximate surface area is 64.2 Å². The Bertz CT molecular complexity index is 98.9. The zero-order valence-corrected chi connectivity index (χ0v) is 7.35. The Morgan fingerprint density at radius 2 is 2.00 bits per heavy atom. The first-order valence-electron chi connectivity index (χ1n) is 4.43. The topological polar surface area (TPSA) is 12.0 Å². The van der Waals surface area contributed by atoms with Crippen LogP contribution in [-0.2, 0) is 0 Å². The largest absolute Gasteiger partial charge is 0.317 e. The second-order valence-corrected chi connectivity index (χ2v) is 3.73. The highest BCUT2D eigenvalue weighted by Gasteiger charge is 2.27. The van der Waals surface area contributed by atoms with Crippen molar-refractivity contribution in [2.45, 2.75) is 39.2 Å². The Hall–Kier alpha value is -0.0400. The van der Waals surface area contributed by atoms with Crippen LogP contribution in [0.5, 0.6) is 0 Å². The summed E-state index contributed by atoms with van der Waals surface area (Å²) in [6.45, 7) is 4.67. The van der Waals surface area contributed by atoms with E-state index in [4.69, 9.17) is 0 Å². The van der Waals surface area contributed by atoms with Crippen molar-refractivity contribution in [1.29, 1.82) is 0 Å². The van der Waals surface area contributed by atoms with Crippen LogP contribution in [0.3, 0.4) is 0 Å². The van der Waals surface area contributed by atoms with Crippen molar-refractivity contribution in [2.24, 2.45) is 11.8 Å². The van der Waals surface area contributed by atoms with Crippen LogP contribution in [0.2, 0.25) is 0 Å². The lowest BCUT2D eigenvalue weighted by Crippen LogP contribution is -2.31. The summed E-state index contributed by atoms with van der Waals surface area (Å²) in [5.41, 5.74) is 0. The molecule has 1 unspecified atom stereocenters. The molecule has 1 rings (SSSR count). The summed E-state index contributed by atoms with van der Waals surface area (Å²) in [5, 5.41) is 3.40. The fraction of sp³-hybridized carbons (Fsp3) is 1.00. The minimum Gasteiger partial charge on any atom is -0.317 e. The van der Waals surface area contributed by atoms with Gasteiger partial charge in [0.15, 0.2) is 0 Å². The maximum absolute atomic E-state index is 3.40. The zero-order chi connectivity index (χ0) is 7.56. The summed E-state index contributed by atoms with van der Waals surface area (Å²) in [5.74, 6) is 1.80. The van der Waals surface area contributed by atoms with E-state index in [-0.39, 0.29) is 0 Å². The fourth-order valence-electron chi connectivity index (χ4n) is 2.15. The molecule has 0 saturated heterocycles. The Morgan fingerprint density at radius 3 is 2.40 bits per heavy atom. The van der Waals surface area contributed by atoms with Crippen molar-refractivity contribution in [2.75, 3.05) is 7.05 Å². The molecule has 0 aromatic rings. The van der Waals surface area contributed by atoms with Crippen molar-refractivity contribution in [1.82, 2.24) is 5.32 Å². The van der Waals surface area contributed by atoms with Crippen LogP contribution in [0.1, 0.15) is 33.1 Å². The molecule has 1 heteroatoms. The van der Waals surface area contributed by atoms with Crippen LogP contribution >= 0.6 is 0 Å². The SMILES string of the molecule is CNC1CCC[C@H]1C(C)C. The minimum atomic E-state index is 0.806. The molecule has 1 aliphatic carbocycles. The molecule has 0 spiro atoms. The molecule has 0 radical (unpaired) electrons. The first kappa shape index (κ1) is 8.06. The van der Waals surface area contributed by atoms with Crippen molar-refractivity contribution < 1.29 is 0 Å². The van der Waals surface area contributed by atoms with Gasteiger partial charge < -0.3 is 5.32 Å². The van der Waals surface area contributed by atoms with Crippen molar-refractivity contribution in [3.8, 4) is 0 Å². The van der Waals surface area contributed by atoms with Gasteiger partial charge in [-0.05, 0) is 31.7 Å². The second-order valence-electron chi connectivity index (χ2n) is 3.73. The third-order valence-electron chi connectivity index (χ3n) is 2.80. The lowest BCUT2D eigenvalue weighted by molar-refractivity contribution is 0.326. The highest BCUT2D eigenvalue weighted by molar-refractivity contribution is 4.83. The van der Waals surface area contributed by atoms with Crippen LogP contribution in [0.15, 0.2) is 0 Å². The van der Waals surface area contributed by atoms with Crippen molar-refractivity contribution in [3.63, 3.8) is 0 Å². The van der Waals surface area contributed by atoms with E-state index in [1.54, 1.807) is 0 Å². The summed E-state index contributed by atoms with van der Waals surface area (Å²) in [6, 6.07) is 0.806. The molecule has 0 aliphatic heterocycles. The first-order chi connectivity index (χ1) is 4.75. The molecule has 1 N–H and O–H groups in total. The van der Waals surface area contributed by atoms with Gasteiger partial charge in [-0.2, -0.15) is 0 Å². The third-order valence-corrected chi connectivity index (χ3v) is 2.80. The van der Waals surface area contributed by atoms with Crippen molar-refractivity contribution >= 4 is 0 Å². The number of nitrogens with one attached hydrogen (secondary N) is 1. The summed E-state index contributed by atoms with van der Waals surface area (Å²) < 4.78 is 0. The standard InChI is InChI=1S/C9H19N/c1-7(2)8-5-4-6-9(8)10-3/h7-10H,4-6H2,1-3H3/t8-,9?/m0/s1. The molecule has 10 heavy (non-hydrogen) atoms. The van der Waals surface area contributed by atoms with Crippen molar-refractivity contribution in [3.05, 3.63) is 0 Å². The van der Waals surface area contributed by atoms with E-state index in [1.807, 2.05) is 0 Å². The number of hydrogen-bond donors (Lipinski definition) is 1. The molecular weight excluding hydrogens is 122 g/mol. The molecule has 1 saturated carbocycles. The maximum Gasteiger partial charge on any atom is 0.00947 e. The summed E-state index contributed by atoms with van der Waals surface area (Å²) in [4.78, 5) is 0. The molecular formula is C9H19N. The number of hydrogen-bond acceptors (Lipinski definition) is 1. The summed E-state index contributed by atoms with van der Waals surface area (Å²) in [6.07, 6.45) is 4.25. The smallest absolute Gasteiger partial charge is 0.00947 e. The quantitative estimate of drug-likeness (QED) is 0.620. The monoisotopic (exact) mass is 141 g/mol. The lowest BCUT2D eigenvalue weighted by Gasteiger charge is -2.22. The van der Waals surface area contributed by atoms with Gasteiger partial charge in [0.25, 0.3) is 0 Å². The molecule has 60 valence electrons. The van der Waals surface area contributed by atoms with Gasteiger partial charge in [0.2, 0.25) is 0 Å². The molecule has 0 aromatic carbocycles. The third kappa shape index (κ3) is 1.51. The Kier molecular flexibility index (Phi) is 2.72. The lowest BCUT2D eigenvalue weighted by atomic mass is 9.91. The molecule has 0 aromatic heterocycles. The van der Waals surface area contributed by atoms with Gasteiger partial charge in [-0.3, -0.25) is 0 Å². The van der Waals surface area contributed by atoms with E-state index >= 15 is 0 Å². The van der Waals surface area contributed by atoms with Gasteiger partial charge in [0, 0.05) is 6.04 Å². The maximum atomic E-state index is 3.40. The predicted molar refractivity (Wildman–Crippen MR) is 45.0 cm³/mol. The van der Waals surface area contributed by atoms with Gasteiger partial charge in [-0.1, -0.05) is 20.3 Å². The summed E-state index contributed by atoms with van der Waals surface area (Å²) >= 11 is 0.